The smallest absolute Gasteiger partial charge is 0.243 e. The highest BCUT2D eigenvalue weighted by atomic mass is 16.1. The molecule has 2 rings (SSSR count). The Balaban J connectivity index is 2.11. The molecular formula is C16H21NO. The second kappa shape index (κ2) is 5.85. The fourth-order valence-corrected chi connectivity index (χ4v) is 2.88. The van der Waals surface area contributed by atoms with Crippen molar-refractivity contribution in [3.8, 4) is 0 Å². The Bertz CT molecular complexity index is 416. The van der Waals surface area contributed by atoms with Gasteiger partial charge in [0.1, 0.15) is 0 Å². The van der Waals surface area contributed by atoms with E-state index in [1.165, 1.54) is 31.2 Å². The largest absolute Gasteiger partial charge is 0.352 e. The van der Waals surface area contributed by atoms with Crippen LogP contribution >= 0.6 is 0 Å². The fraction of sp³-hybridized carbons (Fsp3) is 0.438. The molecule has 0 aliphatic heterocycles. The Morgan fingerprint density at radius 1 is 1.28 bits per heavy atom. The number of carbonyl (C=O) groups is 1. The standard InChI is InChI=1S/C16H21NO/c1-2-8-15(18)17-13-16(11-6-7-12-16)14-9-4-3-5-10-14/h2-5,8-10H,6-7,11-13H2,1H3,(H,17,18). The zero-order valence-corrected chi connectivity index (χ0v) is 11.0. The molecule has 0 atom stereocenters. The van der Waals surface area contributed by atoms with Crippen LogP contribution in [0.25, 0.3) is 0 Å². The van der Waals surface area contributed by atoms with Crippen LogP contribution in [-0.4, -0.2) is 12.5 Å². The van der Waals surface area contributed by atoms with Gasteiger partial charge in [0.15, 0.2) is 0 Å². The molecule has 1 aliphatic rings. The van der Waals surface area contributed by atoms with Crippen molar-refractivity contribution in [1.82, 2.24) is 5.32 Å². The van der Waals surface area contributed by atoms with Crippen LogP contribution in [0.3, 0.4) is 0 Å². The first-order valence-electron chi connectivity index (χ1n) is 6.73. The third-order valence-corrected chi connectivity index (χ3v) is 3.87. The fourth-order valence-electron chi connectivity index (χ4n) is 2.88. The summed E-state index contributed by atoms with van der Waals surface area (Å²) >= 11 is 0. The number of amides is 1. The third-order valence-electron chi connectivity index (χ3n) is 3.87. The summed E-state index contributed by atoms with van der Waals surface area (Å²) in [5, 5.41) is 3.04. The molecule has 0 radical (unpaired) electrons. The van der Waals surface area contributed by atoms with Gasteiger partial charge >= 0.3 is 0 Å². The van der Waals surface area contributed by atoms with Crippen molar-refractivity contribution in [3.63, 3.8) is 0 Å². The van der Waals surface area contributed by atoms with Crippen molar-refractivity contribution in [2.24, 2.45) is 0 Å². The lowest BCUT2D eigenvalue weighted by molar-refractivity contribution is -0.116. The lowest BCUT2D eigenvalue weighted by Gasteiger charge is -2.29. The van der Waals surface area contributed by atoms with Gasteiger partial charge in [-0.3, -0.25) is 4.79 Å². The van der Waals surface area contributed by atoms with E-state index in [-0.39, 0.29) is 11.3 Å². The van der Waals surface area contributed by atoms with Gasteiger partial charge in [0.05, 0.1) is 0 Å². The zero-order chi connectivity index (χ0) is 12.8. The minimum absolute atomic E-state index is 0.0136. The summed E-state index contributed by atoms with van der Waals surface area (Å²) in [4.78, 5) is 11.6. The summed E-state index contributed by atoms with van der Waals surface area (Å²) in [7, 11) is 0. The molecule has 1 saturated carbocycles. The molecule has 18 heavy (non-hydrogen) atoms. The van der Waals surface area contributed by atoms with Crippen molar-refractivity contribution < 1.29 is 4.79 Å². The molecule has 1 aromatic rings. The van der Waals surface area contributed by atoms with Gasteiger partial charge in [-0.15, -0.1) is 0 Å². The van der Waals surface area contributed by atoms with Crippen LogP contribution in [0, 0.1) is 0 Å². The zero-order valence-electron chi connectivity index (χ0n) is 11.0. The molecule has 1 aromatic carbocycles. The van der Waals surface area contributed by atoms with E-state index in [0.717, 1.165) is 6.54 Å². The van der Waals surface area contributed by atoms with E-state index in [9.17, 15) is 4.79 Å². The van der Waals surface area contributed by atoms with E-state index in [1.54, 1.807) is 12.2 Å². The highest BCUT2D eigenvalue weighted by Gasteiger charge is 2.35. The maximum atomic E-state index is 11.6. The van der Waals surface area contributed by atoms with Gasteiger partial charge < -0.3 is 5.32 Å². The van der Waals surface area contributed by atoms with Crippen LogP contribution in [-0.2, 0) is 10.2 Å². The molecule has 0 bridgehead atoms. The van der Waals surface area contributed by atoms with E-state index in [4.69, 9.17) is 0 Å². The van der Waals surface area contributed by atoms with E-state index in [2.05, 4.69) is 29.6 Å². The van der Waals surface area contributed by atoms with Gasteiger partial charge in [-0.2, -0.15) is 0 Å². The minimum atomic E-state index is 0.0136. The molecule has 2 nitrogen and oxygen atoms in total. The first kappa shape index (κ1) is 12.9. The first-order chi connectivity index (χ1) is 8.77. The summed E-state index contributed by atoms with van der Waals surface area (Å²) in [6, 6.07) is 10.6. The Morgan fingerprint density at radius 3 is 2.56 bits per heavy atom. The monoisotopic (exact) mass is 243 g/mol. The molecule has 0 spiro atoms. The third kappa shape index (κ3) is 2.81. The van der Waals surface area contributed by atoms with Gasteiger partial charge in [0.25, 0.3) is 0 Å². The quantitative estimate of drug-likeness (QED) is 0.808. The lowest BCUT2D eigenvalue weighted by Crippen LogP contribution is -2.38. The van der Waals surface area contributed by atoms with Crippen LogP contribution in [0.1, 0.15) is 38.2 Å². The average Bonchev–Trinajstić information content (AvgIpc) is 2.88. The van der Waals surface area contributed by atoms with Crippen LogP contribution in [0.4, 0.5) is 0 Å². The molecule has 2 heteroatoms. The number of nitrogens with one attached hydrogen (secondary N) is 1. The normalized spacial score (nSPS) is 18.1. The Morgan fingerprint density at radius 2 is 1.94 bits per heavy atom. The summed E-state index contributed by atoms with van der Waals surface area (Å²) in [5.74, 6) is 0.0136. The Kier molecular flexibility index (Phi) is 4.19. The maximum Gasteiger partial charge on any atom is 0.243 e. The molecule has 1 N–H and O–H groups in total. The van der Waals surface area contributed by atoms with E-state index in [0.29, 0.717) is 0 Å². The second-order valence-corrected chi connectivity index (χ2v) is 5.07. The highest BCUT2D eigenvalue weighted by Crippen LogP contribution is 2.40. The molecule has 0 saturated heterocycles. The van der Waals surface area contributed by atoms with Crippen molar-refractivity contribution in [2.45, 2.75) is 38.0 Å². The molecule has 0 aromatic heterocycles. The van der Waals surface area contributed by atoms with Gasteiger partial charge in [-0.1, -0.05) is 49.2 Å². The van der Waals surface area contributed by atoms with Crippen LogP contribution in [0.5, 0.6) is 0 Å². The summed E-state index contributed by atoms with van der Waals surface area (Å²) < 4.78 is 0. The van der Waals surface area contributed by atoms with Gasteiger partial charge in [-0.05, 0) is 31.4 Å². The summed E-state index contributed by atoms with van der Waals surface area (Å²) in [6.45, 7) is 2.61. The molecule has 1 aliphatic carbocycles. The van der Waals surface area contributed by atoms with Crippen molar-refractivity contribution >= 4 is 5.91 Å². The number of allylic oxidation sites excluding steroid dienone is 1. The number of carbonyl (C=O) groups excluding carboxylic acids is 1. The molecule has 1 fully saturated rings. The predicted molar refractivity (Wildman–Crippen MR) is 74.4 cm³/mol. The number of benzene rings is 1. The molecular weight excluding hydrogens is 222 g/mol. The Labute approximate surface area is 109 Å². The van der Waals surface area contributed by atoms with Crippen molar-refractivity contribution in [2.75, 3.05) is 6.54 Å². The number of rotatable bonds is 4. The molecule has 1 amide bonds. The van der Waals surface area contributed by atoms with E-state index >= 15 is 0 Å². The predicted octanol–water partition coefficient (Wildman–Crippen LogP) is 3.19. The van der Waals surface area contributed by atoms with Crippen LogP contribution in [0.2, 0.25) is 0 Å². The SMILES string of the molecule is CC=CC(=O)NCC1(c2ccccc2)CCCC1. The summed E-state index contributed by atoms with van der Waals surface area (Å²) in [6.07, 6.45) is 8.23. The first-order valence-corrected chi connectivity index (χ1v) is 6.73. The second-order valence-electron chi connectivity index (χ2n) is 5.07. The topological polar surface area (TPSA) is 29.1 Å². The highest BCUT2D eigenvalue weighted by molar-refractivity contribution is 5.87. The lowest BCUT2D eigenvalue weighted by atomic mass is 9.79. The van der Waals surface area contributed by atoms with Crippen molar-refractivity contribution in [3.05, 3.63) is 48.0 Å². The van der Waals surface area contributed by atoms with E-state index in [1.807, 2.05) is 13.0 Å². The van der Waals surface area contributed by atoms with Crippen LogP contribution in [0.15, 0.2) is 42.5 Å². The maximum absolute atomic E-state index is 11.6. The number of hydrogen-bond acceptors (Lipinski definition) is 1. The molecule has 0 heterocycles. The Hall–Kier alpha value is -1.57. The van der Waals surface area contributed by atoms with Gasteiger partial charge in [0, 0.05) is 12.0 Å². The molecule has 0 unspecified atom stereocenters. The number of hydrogen-bond donors (Lipinski definition) is 1. The average molecular weight is 243 g/mol. The van der Waals surface area contributed by atoms with Gasteiger partial charge in [-0.25, -0.2) is 0 Å². The van der Waals surface area contributed by atoms with E-state index < -0.39 is 0 Å². The molecule has 96 valence electrons. The minimum Gasteiger partial charge on any atom is -0.352 e. The summed E-state index contributed by atoms with van der Waals surface area (Å²) in [5.41, 5.74) is 1.52. The van der Waals surface area contributed by atoms with Crippen molar-refractivity contribution in [1.29, 1.82) is 0 Å². The van der Waals surface area contributed by atoms with Crippen LogP contribution < -0.4 is 5.32 Å². The van der Waals surface area contributed by atoms with Gasteiger partial charge in [0.2, 0.25) is 5.91 Å².